The lowest BCUT2D eigenvalue weighted by Gasteiger charge is -2.08. The average molecular weight is 308 g/mol. The Kier molecular flexibility index (Phi) is 3.80. The van der Waals surface area contributed by atoms with Crippen molar-refractivity contribution >= 4 is 34.1 Å². The van der Waals surface area contributed by atoms with Crippen molar-refractivity contribution in [1.29, 1.82) is 0 Å². The van der Waals surface area contributed by atoms with Crippen molar-refractivity contribution in [2.45, 2.75) is 13.8 Å². The van der Waals surface area contributed by atoms with Crippen LogP contribution in [0.2, 0.25) is 0 Å². The van der Waals surface area contributed by atoms with Crippen LogP contribution in [0.25, 0.3) is 10.9 Å². The first kappa shape index (κ1) is 14.8. The number of H-pyrrole nitrogens is 1. The molecule has 0 spiro atoms. The number of amides is 2. The topological polar surface area (TPSA) is 86.9 Å². The lowest BCUT2D eigenvalue weighted by molar-refractivity contribution is -0.132. The van der Waals surface area contributed by atoms with E-state index in [-0.39, 0.29) is 0 Å². The molecule has 0 fully saturated rings. The molecule has 116 valence electrons. The predicted molar refractivity (Wildman–Crippen MR) is 89.3 cm³/mol. The fraction of sp³-hybridized carbons (Fsp3) is 0.118. The van der Waals surface area contributed by atoms with Crippen molar-refractivity contribution in [3.05, 3.63) is 53.7 Å². The molecule has 2 aromatic carbocycles. The van der Waals surface area contributed by atoms with Crippen LogP contribution < -0.4 is 10.6 Å². The van der Waals surface area contributed by atoms with Gasteiger partial charge in [-0.1, -0.05) is 6.07 Å². The van der Waals surface area contributed by atoms with E-state index in [2.05, 4.69) is 20.8 Å². The second-order valence-electron chi connectivity index (χ2n) is 5.38. The number of benzene rings is 2. The van der Waals surface area contributed by atoms with Crippen LogP contribution in [-0.2, 0) is 9.59 Å². The number of rotatable bonds is 2. The molecule has 0 saturated heterocycles. The molecule has 2 amide bonds. The van der Waals surface area contributed by atoms with E-state index in [4.69, 9.17) is 0 Å². The van der Waals surface area contributed by atoms with Gasteiger partial charge in [-0.15, -0.1) is 0 Å². The Balaban J connectivity index is 1.69. The summed E-state index contributed by atoms with van der Waals surface area (Å²) < 4.78 is 0. The maximum Gasteiger partial charge on any atom is 0.314 e. The van der Waals surface area contributed by atoms with Crippen molar-refractivity contribution in [3.63, 3.8) is 0 Å². The van der Waals surface area contributed by atoms with Gasteiger partial charge >= 0.3 is 11.8 Å². The molecule has 0 atom stereocenters. The van der Waals surface area contributed by atoms with Gasteiger partial charge in [-0.2, -0.15) is 5.10 Å². The largest absolute Gasteiger partial charge is 0.318 e. The van der Waals surface area contributed by atoms with Gasteiger partial charge in [-0.25, -0.2) is 0 Å². The second kappa shape index (κ2) is 5.92. The molecule has 6 nitrogen and oxygen atoms in total. The van der Waals surface area contributed by atoms with E-state index in [1.807, 2.05) is 32.0 Å². The smallest absolute Gasteiger partial charge is 0.314 e. The third-order valence-electron chi connectivity index (χ3n) is 3.67. The first-order valence-corrected chi connectivity index (χ1v) is 7.15. The molecule has 3 rings (SSSR count). The van der Waals surface area contributed by atoms with Gasteiger partial charge in [0.25, 0.3) is 0 Å². The molecule has 3 N–H and O–H groups in total. The van der Waals surface area contributed by atoms with E-state index in [9.17, 15) is 9.59 Å². The highest BCUT2D eigenvalue weighted by molar-refractivity contribution is 6.43. The number of aromatic amines is 1. The Morgan fingerprint density at radius 3 is 2.26 bits per heavy atom. The third-order valence-corrected chi connectivity index (χ3v) is 3.67. The standard InChI is InChI=1S/C17H16N4O2/c1-10-3-5-13(7-11(10)2)19-16(22)17(23)20-14-6-4-12-9-18-21-15(12)8-14/h3-9H,1-2H3,(H,18,21)(H,19,22)(H,20,23). The summed E-state index contributed by atoms with van der Waals surface area (Å²) >= 11 is 0. The predicted octanol–water partition coefficient (Wildman–Crippen LogP) is 2.76. The van der Waals surface area contributed by atoms with E-state index >= 15 is 0 Å². The van der Waals surface area contributed by atoms with Gasteiger partial charge in [0.05, 0.1) is 11.7 Å². The van der Waals surface area contributed by atoms with Gasteiger partial charge in [0, 0.05) is 16.8 Å². The van der Waals surface area contributed by atoms with E-state index in [0.29, 0.717) is 11.4 Å². The summed E-state index contributed by atoms with van der Waals surface area (Å²) in [5.41, 5.74) is 4.09. The molecule has 0 aliphatic carbocycles. The monoisotopic (exact) mass is 308 g/mol. The van der Waals surface area contributed by atoms with E-state index in [0.717, 1.165) is 22.0 Å². The number of anilines is 2. The number of nitrogens with one attached hydrogen (secondary N) is 3. The molecule has 3 aromatic rings. The number of aryl methyl sites for hydroxylation is 2. The number of hydrogen-bond acceptors (Lipinski definition) is 3. The van der Waals surface area contributed by atoms with Gasteiger partial charge in [0.2, 0.25) is 0 Å². The maximum atomic E-state index is 12.0. The summed E-state index contributed by atoms with van der Waals surface area (Å²) in [5.74, 6) is -1.43. The molecular formula is C17H16N4O2. The van der Waals surface area contributed by atoms with Crippen molar-refractivity contribution in [2.75, 3.05) is 10.6 Å². The molecule has 23 heavy (non-hydrogen) atoms. The number of carbonyl (C=O) groups is 2. The minimum atomic E-state index is -0.720. The Labute approximate surface area is 132 Å². The zero-order chi connectivity index (χ0) is 16.4. The molecule has 0 aliphatic rings. The summed E-state index contributed by atoms with van der Waals surface area (Å²) in [7, 11) is 0. The quantitative estimate of drug-likeness (QED) is 0.636. The molecule has 0 radical (unpaired) electrons. The highest BCUT2D eigenvalue weighted by Crippen LogP contribution is 2.17. The van der Waals surface area contributed by atoms with E-state index in [1.165, 1.54) is 0 Å². The Hall–Kier alpha value is -3.15. The summed E-state index contributed by atoms with van der Waals surface area (Å²) in [6, 6.07) is 10.8. The zero-order valence-electron chi connectivity index (χ0n) is 12.8. The molecule has 0 bridgehead atoms. The Bertz CT molecular complexity index is 898. The van der Waals surface area contributed by atoms with Crippen LogP contribution >= 0.6 is 0 Å². The van der Waals surface area contributed by atoms with Gasteiger partial charge < -0.3 is 10.6 Å². The van der Waals surface area contributed by atoms with Crippen LogP contribution in [0.15, 0.2) is 42.6 Å². The van der Waals surface area contributed by atoms with E-state index < -0.39 is 11.8 Å². The summed E-state index contributed by atoms with van der Waals surface area (Å²) in [4.78, 5) is 24.0. The number of fused-ring (bicyclic) bond motifs is 1. The first-order valence-electron chi connectivity index (χ1n) is 7.15. The van der Waals surface area contributed by atoms with Crippen molar-refractivity contribution in [2.24, 2.45) is 0 Å². The number of nitrogens with zero attached hydrogens (tertiary/aromatic N) is 1. The van der Waals surface area contributed by atoms with Crippen LogP contribution in [0.1, 0.15) is 11.1 Å². The Morgan fingerprint density at radius 1 is 0.913 bits per heavy atom. The average Bonchev–Trinajstić information content (AvgIpc) is 2.98. The normalized spacial score (nSPS) is 10.5. The van der Waals surface area contributed by atoms with Gasteiger partial charge in [0.15, 0.2) is 0 Å². The minimum absolute atomic E-state index is 0.530. The van der Waals surface area contributed by atoms with Crippen LogP contribution in [0.3, 0.4) is 0 Å². The second-order valence-corrected chi connectivity index (χ2v) is 5.38. The third kappa shape index (κ3) is 3.21. The summed E-state index contributed by atoms with van der Waals surface area (Å²) in [5, 5.41) is 12.8. The fourth-order valence-corrected chi connectivity index (χ4v) is 2.21. The van der Waals surface area contributed by atoms with Crippen molar-refractivity contribution in [1.82, 2.24) is 10.2 Å². The van der Waals surface area contributed by atoms with Crippen LogP contribution in [-0.4, -0.2) is 22.0 Å². The molecule has 1 aromatic heterocycles. The molecule has 0 aliphatic heterocycles. The highest BCUT2D eigenvalue weighted by atomic mass is 16.2. The fourth-order valence-electron chi connectivity index (χ4n) is 2.21. The van der Waals surface area contributed by atoms with E-state index in [1.54, 1.807) is 24.4 Å². The summed E-state index contributed by atoms with van der Waals surface area (Å²) in [6.07, 6.45) is 1.69. The van der Waals surface area contributed by atoms with Gasteiger partial charge in [-0.3, -0.25) is 14.7 Å². The lowest BCUT2D eigenvalue weighted by Crippen LogP contribution is -2.29. The first-order chi connectivity index (χ1) is 11.0. The minimum Gasteiger partial charge on any atom is -0.318 e. The van der Waals surface area contributed by atoms with Crippen LogP contribution in [0.5, 0.6) is 0 Å². The lowest BCUT2D eigenvalue weighted by atomic mass is 10.1. The number of aromatic nitrogens is 2. The molecular weight excluding hydrogens is 292 g/mol. The van der Waals surface area contributed by atoms with Gasteiger partial charge in [-0.05, 0) is 55.3 Å². The van der Waals surface area contributed by atoms with Crippen LogP contribution in [0.4, 0.5) is 11.4 Å². The molecule has 1 heterocycles. The summed E-state index contributed by atoms with van der Waals surface area (Å²) in [6.45, 7) is 3.93. The SMILES string of the molecule is Cc1ccc(NC(=O)C(=O)Nc2ccc3cn[nH]c3c2)cc1C. The highest BCUT2D eigenvalue weighted by Gasteiger charge is 2.14. The van der Waals surface area contributed by atoms with Crippen LogP contribution in [0, 0.1) is 13.8 Å². The number of hydrogen-bond donors (Lipinski definition) is 3. The van der Waals surface area contributed by atoms with Crippen molar-refractivity contribution < 1.29 is 9.59 Å². The van der Waals surface area contributed by atoms with Crippen molar-refractivity contribution in [3.8, 4) is 0 Å². The zero-order valence-corrected chi connectivity index (χ0v) is 12.8. The number of carbonyl (C=O) groups excluding carboxylic acids is 2. The Morgan fingerprint density at radius 2 is 1.57 bits per heavy atom. The molecule has 0 saturated carbocycles. The molecule has 6 heteroatoms. The molecule has 0 unspecified atom stereocenters. The maximum absolute atomic E-state index is 12.0. The van der Waals surface area contributed by atoms with Gasteiger partial charge in [0.1, 0.15) is 0 Å².